The first-order valence-corrected chi connectivity index (χ1v) is 5.59. The Balaban J connectivity index is 1.88. The molecule has 0 bridgehead atoms. The lowest BCUT2D eigenvalue weighted by Gasteiger charge is -2.05. The van der Waals surface area contributed by atoms with E-state index in [1.807, 2.05) is 42.5 Å². The third-order valence-electron chi connectivity index (χ3n) is 2.81. The number of para-hydroxylation sites is 1. The van der Waals surface area contributed by atoms with Crippen LogP contribution in [0.4, 0.5) is 0 Å². The molecule has 3 nitrogen and oxygen atoms in total. The van der Waals surface area contributed by atoms with Crippen LogP contribution in [0.5, 0.6) is 0 Å². The highest BCUT2D eigenvalue weighted by Gasteiger charge is 2.13. The van der Waals surface area contributed by atoms with Crippen molar-refractivity contribution in [3.8, 4) is 0 Å². The van der Waals surface area contributed by atoms with Gasteiger partial charge >= 0.3 is 0 Å². The second-order valence-corrected chi connectivity index (χ2v) is 4.08. The number of fused-ring (bicyclic) bond motifs is 1. The largest absolute Gasteiger partial charge is 0.469 e. The van der Waals surface area contributed by atoms with E-state index in [2.05, 4.69) is 0 Å². The van der Waals surface area contributed by atoms with Gasteiger partial charge in [0, 0.05) is 11.8 Å². The Labute approximate surface area is 98.8 Å². The Morgan fingerprint density at radius 2 is 2.00 bits per heavy atom. The minimum absolute atomic E-state index is 0.173. The molecule has 1 atom stereocenters. The van der Waals surface area contributed by atoms with Gasteiger partial charge in [-0.3, -0.25) is 0 Å². The van der Waals surface area contributed by atoms with Crippen molar-refractivity contribution in [1.29, 1.82) is 0 Å². The lowest BCUT2D eigenvalue weighted by atomic mass is 10.1. The molecule has 3 rings (SSSR count). The van der Waals surface area contributed by atoms with Crippen molar-refractivity contribution in [2.24, 2.45) is 5.73 Å². The molecule has 0 aliphatic heterocycles. The summed E-state index contributed by atoms with van der Waals surface area (Å²) in [6, 6.07) is 13.5. The summed E-state index contributed by atoms with van der Waals surface area (Å²) in [6.07, 6.45) is 2.30. The lowest BCUT2D eigenvalue weighted by Crippen LogP contribution is -2.11. The zero-order valence-corrected chi connectivity index (χ0v) is 9.30. The Bertz CT molecular complexity index is 577. The highest BCUT2D eigenvalue weighted by atomic mass is 16.3. The van der Waals surface area contributed by atoms with Crippen LogP contribution in [0.2, 0.25) is 0 Å². The first-order chi connectivity index (χ1) is 8.33. The second-order valence-electron chi connectivity index (χ2n) is 4.08. The number of furan rings is 2. The van der Waals surface area contributed by atoms with Gasteiger partial charge in [0.2, 0.25) is 0 Å². The van der Waals surface area contributed by atoms with Crippen LogP contribution >= 0.6 is 0 Å². The molecule has 17 heavy (non-hydrogen) atoms. The van der Waals surface area contributed by atoms with Gasteiger partial charge < -0.3 is 14.6 Å². The van der Waals surface area contributed by atoms with Crippen LogP contribution in [0.15, 0.2) is 57.6 Å². The zero-order chi connectivity index (χ0) is 11.7. The molecule has 0 aliphatic carbocycles. The molecule has 1 aromatic carbocycles. The van der Waals surface area contributed by atoms with Gasteiger partial charge in [-0.05, 0) is 24.3 Å². The van der Waals surface area contributed by atoms with Crippen molar-refractivity contribution in [1.82, 2.24) is 0 Å². The Morgan fingerprint density at radius 3 is 2.76 bits per heavy atom. The smallest absolute Gasteiger partial charge is 0.134 e. The summed E-state index contributed by atoms with van der Waals surface area (Å²) in [7, 11) is 0. The van der Waals surface area contributed by atoms with E-state index < -0.39 is 0 Å². The van der Waals surface area contributed by atoms with Gasteiger partial charge in [-0.15, -0.1) is 0 Å². The number of hydrogen-bond acceptors (Lipinski definition) is 3. The van der Waals surface area contributed by atoms with E-state index in [4.69, 9.17) is 14.6 Å². The van der Waals surface area contributed by atoms with E-state index in [9.17, 15) is 0 Å². The second kappa shape index (κ2) is 4.11. The van der Waals surface area contributed by atoms with E-state index in [1.54, 1.807) is 6.26 Å². The minimum atomic E-state index is -0.173. The fraction of sp³-hybridized carbons (Fsp3) is 0.143. The van der Waals surface area contributed by atoms with Crippen LogP contribution in [-0.2, 0) is 6.42 Å². The van der Waals surface area contributed by atoms with Crippen molar-refractivity contribution in [3.63, 3.8) is 0 Å². The topological polar surface area (TPSA) is 52.3 Å². The van der Waals surface area contributed by atoms with E-state index in [0.717, 1.165) is 22.5 Å². The summed E-state index contributed by atoms with van der Waals surface area (Å²) in [5, 5.41) is 1.08. The van der Waals surface area contributed by atoms with Crippen molar-refractivity contribution >= 4 is 11.0 Å². The van der Waals surface area contributed by atoms with Gasteiger partial charge in [0.05, 0.1) is 12.3 Å². The predicted molar refractivity (Wildman–Crippen MR) is 65.6 cm³/mol. The van der Waals surface area contributed by atoms with Crippen molar-refractivity contribution in [2.75, 3.05) is 0 Å². The summed E-state index contributed by atoms with van der Waals surface area (Å²) in [4.78, 5) is 0. The molecule has 2 N–H and O–H groups in total. The highest BCUT2D eigenvalue weighted by Crippen LogP contribution is 2.24. The summed E-state index contributed by atoms with van der Waals surface area (Å²) < 4.78 is 11.0. The molecule has 1 unspecified atom stereocenters. The Kier molecular flexibility index (Phi) is 2.46. The first-order valence-electron chi connectivity index (χ1n) is 5.59. The van der Waals surface area contributed by atoms with Gasteiger partial charge in [0.1, 0.15) is 17.1 Å². The molecule has 0 spiro atoms. The van der Waals surface area contributed by atoms with Crippen LogP contribution in [0.1, 0.15) is 17.6 Å². The predicted octanol–water partition coefficient (Wildman–Crippen LogP) is 3.27. The maximum Gasteiger partial charge on any atom is 0.134 e. The number of hydrogen-bond donors (Lipinski definition) is 1. The molecule has 86 valence electrons. The molecular weight excluding hydrogens is 214 g/mol. The van der Waals surface area contributed by atoms with Gasteiger partial charge in [-0.1, -0.05) is 18.2 Å². The molecule has 2 aromatic heterocycles. The molecule has 3 heteroatoms. The number of rotatable bonds is 3. The fourth-order valence-electron chi connectivity index (χ4n) is 1.93. The fourth-order valence-corrected chi connectivity index (χ4v) is 1.93. The van der Waals surface area contributed by atoms with Gasteiger partial charge in [-0.2, -0.15) is 0 Å². The van der Waals surface area contributed by atoms with Gasteiger partial charge in [0.25, 0.3) is 0 Å². The van der Waals surface area contributed by atoms with Crippen molar-refractivity contribution in [3.05, 3.63) is 60.2 Å². The van der Waals surface area contributed by atoms with E-state index in [-0.39, 0.29) is 6.04 Å². The number of nitrogens with two attached hydrogens (primary N) is 1. The maximum atomic E-state index is 6.10. The summed E-state index contributed by atoms with van der Waals surface area (Å²) in [5.74, 6) is 1.67. The molecule has 0 fully saturated rings. The normalized spacial score (nSPS) is 13.0. The third kappa shape index (κ3) is 1.97. The van der Waals surface area contributed by atoms with Crippen LogP contribution in [0.25, 0.3) is 11.0 Å². The molecule has 0 radical (unpaired) electrons. The average Bonchev–Trinajstić information content (AvgIpc) is 2.96. The monoisotopic (exact) mass is 227 g/mol. The average molecular weight is 227 g/mol. The molecule has 0 saturated carbocycles. The summed E-state index contributed by atoms with van der Waals surface area (Å²) in [5.41, 5.74) is 6.97. The quantitative estimate of drug-likeness (QED) is 0.747. The zero-order valence-electron chi connectivity index (χ0n) is 9.30. The minimum Gasteiger partial charge on any atom is -0.469 e. The van der Waals surface area contributed by atoms with E-state index in [0.29, 0.717) is 6.42 Å². The highest BCUT2D eigenvalue weighted by molar-refractivity contribution is 5.77. The van der Waals surface area contributed by atoms with Crippen LogP contribution < -0.4 is 5.73 Å². The van der Waals surface area contributed by atoms with E-state index in [1.165, 1.54) is 0 Å². The maximum absolute atomic E-state index is 6.10. The van der Waals surface area contributed by atoms with Gasteiger partial charge in [0.15, 0.2) is 0 Å². The van der Waals surface area contributed by atoms with Crippen LogP contribution in [0.3, 0.4) is 0 Å². The SMILES string of the molecule is NC(Cc1ccco1)c1cc2ccccc2o1. The molecule has 0 saturated heterocycles. The number of benzene rings is 1. The van der Waals surface area contributed by atoms with Crippen molar-refractivity contribution < 1.29 is 8.83 Å². The first kappa shape index (κ1) is 10.2. The molecule has 0 amide bonds. The molecule has 0 aliphatic rings. The van der Waals surface area contributed by atoms with E-state index >= 15 is 0 Å². The summed E-state index contributed by atoms with van der Waals surface area (Å²) >= 11 is 0. The lowest BCUT2D eigenvalue weighted by molar-refractivity contribution is 0.447. The van der Waals surface area contributed by atoms with Crippen molar-refractivity contribution in [2.45, 2.75) is 12.5 Å². The summed E-state index contributed by atoms with van der Waals surface area (Å²) in [6.45, 7) is 0. The molecule has 3 aromatic rings. The van der Waals surface area contributed by atoms with Crippen LogP contribution in [0, 0.1) is 0 Å². The van der Waals surface area contributed by atoms with Gasteiger partial charge in [-0.25, -0.2) is 0 Å². The Morgan fingerprint density at radius 1 is 1.12 bits per heavy atom. The van der Waals surface area contributed by atoms with Crippen LogP contribution in [-0.4, -0.2) is 0 Å². The third-order valence-corrected chi connectivity index (χ3v) is 2.81. The molecular formula is C14H13NO2. The Hall–Kier alpha value is -2.00. The molecule has 2 heterocycles. The standard InChI is InChI=1S/C14H13NO2/c15-12(9-11-5-3-7-16-11)14-8-10-4-1-2-6-13(10)17-14/h1-8,12H,9,15H2.